The third kappa shape index (κ3) is 4.97. The van der Waals surface area contributed by atoms with Crippen LogP contribution in [0.2, 0.25) is 0 Å². The van der Waals surface area contributed by atoms with Crippen LogP contribution in [0.25, 0.3) is 0 Å². The molecule has 1 N–H and O–H groups in total. The lowest BCUT2D eigenvalue weighted by Gasteiger charge is -2.06. The largest absolute Gasteiger partial charge is 0.351 e. The SMILES string of the molecule is N#Cc1ccccc1CSCC(=O)NCc1ccccc1. The zero-order valence-corrected chi connectivity index (χ0v) is 12.4. The minimum absolute atomic E-state index is 0.0123. The smallest absolute Gasteiger partial charge is 0.230 e. The van der Waals surface area contributed by atoms with Gasteiger partial charge in [-0.3, -0.25) is 4.79 Å². The molecule has 0 unspecified atom stereocenters. The Morgan fingerprint density at radius 3 is 2.57 bits per heavy atom. The van der Waals surface area contributed by atoms with Gasteiger partial charge in [-0.2, -0.15) is 5.26 Å². The molecule has 2 rings (SSSR count). The molecule has 0 aromatic heterocycles. The number of nitrogens with zero attached hydrogens (tertiary/aromatic N) is 1. The first-order chi connectivity index (χ1) is 10.3. The van der Waals surface area contributed by atoms with E-state index in [0.29, 0.717) is 23.6 Å². The van der Waals surface area contributed by atoms with Gasteiger partial charge in [0.2, 0.25) is 5.91 Å². The molecule has 0 saturated carbocycles. The molecule has 0 bridgehead atoms. The monoisotopic (exact) mass is 296 g/mol. The van der Waals surface area contributed by atoms with E-state index in [1.54, 1.807) is 6.07 Å². The van der Waals surface area contributed by atoms with E-state index in [0.717, 1.165) is 11.1 Å². The summed E-state index contributed by atoms with van der Waals surface area (Å²) in [5.74, 6) is 1.08. The van der Waals surface area contributed by atoms with Crippen LogP contribution >= 0.6 is 11.8 Å². The van der Waals surface area contributed by atoms with E-state index >= 15 is 0 Å². The van der Waals surface area contributed by atoms with Gasteiger partial charge < -0.3 is 5.32 Å². The molecule has 2 aromatic rings. The van der Waals surface area contributed by atoms with E-state index in [9.17, 15) is 4.79 Å². The molecule has 0 atom stereocenters. The van der Waals surface area contributed by atoms with Crippen molar-refractivity contribution in [1.82, 2.24) is 5.32 Å². The van der Waals surface area contributed by atoms with E-state index in [1.165, 1.54) is 11.8 Å². The normalized spacial score (nSPS) is 9.86. The first kappa shape index (κ1) is 15.1. The minimum atomic E-state index is 0.0123. The molecule has 3 nitrogen and oxygen atoms in total. The number of thioether (sulfide) groups is 1. The molecule has 1 amide bonds. The van der Waals surface area contributed by atoms with Gasteiger partial charge in [0.05, 0.1) is 17.4 Å². The van der Waals surface area contributed by atoms with Gasteiger partial charge in [-0.25, -0.2) is 0 Å². The van der Waals surface area contributed by atoms with Crippen LogP contribution in [0.15, 0.2) is 54.6 Å². The Hall–Kier alpha value is -2.25. The van der Waals surface area contributed by atoms with Crippen molar-refractivity contribution in [2.24, 2.45) is 0 Å². The first-order valence-electron chi connectivity index (χ1n) is 6.66. The van der Waals surface area contributed by atoms with Crippen LogP contribution in [-0.2, 0) is 17.1 Å². The van der Waals surface area contributed by atoms with Crippen LogP contribution in [0.1, 0.15) is 16.7 Å². The lowest BCUT2D eigenvalue weighted by molar-refractivity contribution is -0.118. The van der Waals surface area contributed by atoms with E-state index in [4.69, 9.17) is 5.26 Å². The number of nitrogens with one attached hydrogen (secondary N) is 1. The second-order valence-corrected chi connectivity index (χ2v) is 5.51. The van der Waals surface area contributed by atoms with Gasteiger partial charge in [0.15, 0.2) is 0 Å². The van der Waals surface area contributed by atoms with Gasteiger partial charge >= 0.3 is 0 Å². The molecule has 0 fully saturated rings. The van der Waals surface area contributed by atoms with Gasteiger partial charge in [-0.1, -0.05) is 48.5 Å². The lowest BCUT2D eigenvalue weighted by atomic mass is 10.1. The highest BCUT2D eigenvalue weighted by molar-refractivity contribution is 7.99. The maximum atomic E-state index is 11.8. The van der Waals surface area contributed by atoms with Gasteiger partial charge in [0.25, 0.3) is 0 Å². The van der Waals surface area contributed by atoms with Gasteiger partial charge in [0.1, 0.15) is 0 Å². The van der Waals surface area contributed by atoms with Crippen molar-refractivity contribution in [3.63, 3.8) is 0 Å². The number of hydrogen-bond acceptors (Lipinski definition) is 3. The van der Waals surface area contributed by atoms with Crippen LogP contribution in [0.3, 0.4) is 0 Å². The average molecular weight is 296 g/mol. The van der Waals surface area contributed by atoms with Gasteiger partial charge in [-0.05, 0) is 17.2 Å². The van der Waals surface area contributed by atoms with Crippen molar-refractivity contribution < 1.29 is 4.79 Å². The summed E-state index contributed by atoms with van der Waals surface area (Å²) in [6, 6.07) is 19.5. The Morgan fingerprint density at radius 1 is 1.10 bits per heavy atom. The molecule has 0 heterocycles. The molecule has 0 radical (unpaired) electrons. The third-order valence-electron chi connectivity index (χ3n) is 2.96. The average Bonchev–Trinajstić information content (AvgIpc) is 2.54. The Morgan fingerprint density at radius 2 is 1.81 bits per heavy atom. The number of hydrogen-bond donors (Lipinski definition) is 1. The number of rotatable bonds is 6. The molecule has 0 saturated heterocycles. The standard InChI is InChI=1S/C17H16N2OS/c18-10-15-8-4-5-9-16(15)12-21-13-17(20)19-11-14-6-2-1-3-7-14/h1-9H,11-13H2,(H,19,20). The molecule has 106 valence electrons. The van der Waals surface area contributed by atoms with Crippen molar-refractivity contribution in [3.05, 3.63) is 71.3 Å². The second kappa shape index (κ2) is 8.13. The molecule has 2 aromatic carbocycles. The minimum Gasteiger partial charge on any atom is -0.351 e. The molecule has 0 spiro atoms. The zero-order valence-electron chi connectivity index (χ0n) is 11.6. The summed E-state index contributed by atoms with van der Waals surface area (Å²) in [7, 11) is 0. The van der Waals surface area contributed by atoms with Crippen LogP contribution in [0.4, 0.5) is 0 Å². The fourth-order valence-electron chi connectivity index (χ4n) is 1.86. The van der Waals surface area contributed by atoms with E-state index < -0.39 is 0 Å². The molecule has 21 heavy (non-hydrogen) atoms. The van der Waals surface area contributed by atoms with E-state index in [-0.39, 0.29) is 5.91 Å². The van der Waals surface area contributed by atoms with Gasteiger partial charge in [0, 0.05) is 12.3 Å². The van der Waals surface area contributed by atoms with Crippen molar-refractivity contribution in [3.8, 4) is 6.07 Å². The number of carbonyl (C=O) groups is 1. The van der Waals surface area contributed by atoms with E-state index in [1.807, 2.05) is 48.5 Å². The molecule has 0 aliphatic rings. The summed E-state index contributed by atoms with van der Waals surface area (Å²) in [4.78, 5) is 11.8. The van der Waals surface area contributed by atoms with E-state index in [2.05, 4.69) is 11.4 Å². The number of nitriles is 1. The Kier molecular flexibility index (Phi) is 5.86. The quantitative estimate of drug-likeness (QED) is 0.891. The number of benzene rings is 2. The van der Waals surface area contributed by atoms with Crippen LogP contribution in [0, 0.1) is 11.3 Å². The predicted molar refractivity (Wildman–Crippen MR) is 85.6 cm³/mol. The predicted octanol–water partition coefficient (Wildman–Crippen LogP) is 3.11. The molecular formula is C17H16N2OS. The summed E-state index contributed by atoms with van der Waals surface area (Å²) in [6.45, 7) is 0.551. The maximum absolute atomic E-state index is 11.8. The second-order valence-electron chi connectivity index (χ2n) is 4.52. The molecular weight excluding hydrogens is 280 g/mol. The Balaban J connectivity index is 1.73. The van der Waals surface area contributed by atoms with Crippen molar-refractivity contribution in [2.75, 3.05) is 5.75 Å². The summed E-state index contributed by atoms with van der Waals surface area (Å²) in [5.41, 5.74) is 2.74. The highest BCUT2D eigenvalue weighted by Gasteiger charge is 2.04. The van der Waals surface area contributed by atoms with Crippen LogP contribution in [-0.4, -0.2) is 11.7 Å². The lowest BCUT2D eigenvalue weighted by Crippen LogP contribution is -2.24. The summed E-state index contributed by atoms with van der Waals surface area (Å²) < 4.78 is 0. The first-order valence-corrected chi connectivity index (χ1v) is 7.81. The highest BCUT2D eigenvalue weighted by atomic mass is 32.2. The Bertz CT molecular complexity index is 635. The molecule has 4 heteroatoms. The zero-order chi connectivity index (χ0) is 14.9. The summed E-state index contributed by atoms with van der Waals surface area (Å²) in [5, 5.41) is 11.9. The molecule has 0 aliphatic carbocycles. The summed E-state index contributed by atoms with van der Waals surface area (Å²) >= 11 is 1.52. The highest BCUT2D eigenvalue weighted by Crippen LogP contribution is 2.15. The fourth-order valence-corrected chi connectivity index (χ4v) is 2.72. The van der Waals surface area contributed by atoms with Crippen molar-refractivity contribution in [1.29, 1.82) is 5.26 Å². The van der Waals surface area contributed by atoms with Crippen LogP contribution < -0.4 is 5.32 Å². The van der Waals surface area contributed by atoms with Crippen molar-refractivity contribution >= 4 is 17.7 Å². The Labute approximate surface area is 129 Å². The number of amides is 1. The van der Waals surface area contributed by atoms with Crippen LogP contribution in [0.5, 0.6) is 0 Å². The third-order valence-corrected chi connectivity index (χ3v) is 3.94. The maximum Gasteiger partial charge on any atom is 0.230 e. The topological polar surface area (TPSA) is 52.9 Å². The number of carbonyl (C=O) groups excluding carboxylic acids is 1. The molecule has 0 aliphatic heterocycles. The van der Waals surface area contributed by atoms with Gasteiger partial charge in [-0.15, -0.1) is 11.8 Å². The van der Waals surface area contributed by atoms with Crippen molar-refractivity contribution in [2.45, 2.75) is 12.3 Å². The fraction of sp³-hybridized carbons (Fsp3) is 0.176. The summed E-state index contributed by atoms with van der Waals surface area (Å²) in [6.07, 6.45) is 0.